The van der Waals surface area contributed by atoms with Crippen molar-refractivity contribution in [3.8, 4) is 0 Å². The molecule has 2 aliphatic rings. The number of rotatable bonds is 4. The van der Waals surface area contributed by atoms with Gasteiger partial charge in [0.2, 0.25) is 0 Å². The van der Waals surface area contributed by atoms with Gasteiger partial charge in [0.05, 0.1) is 17.3 Å². The second-order valence-corrected chi connectivity index (χ2v) is 10.2. The van der Waals surface area contributed by atoms with E-state index < -0.39 is 11.9 Å². The molecular weight excluding hydrogens is 400 g/mol. The maximum absolute atomic E-state index is 13.9. The number of aliphatic imine (C=N–C) groups is 1. The summed E-state index contributed by atoms with van der Waals surface area (Å²) in [6, 6.07) is 18.8. The van der Waals surface area contributed by atoms with Gasteiger partial charge in [-0.05, 0) is 52.0 Å². The number of nitrogens with one attached hydrogen (secondary N) is 1. The van der Waals surface area contributed by atoms with E-state index in [0.717, 1.165) is 18.4 Å². The van der Waals surface area contributed by atoms with Crippen LogP contribution in [0.4, 0.5) is 0 Å². The number of Topliss-reactive ketones (excluding diaryl/α,β-unsaturated/α-hetero) is 1. The number of benzene rings is 2. The standard InChI is InChI=1S/C27H30N2O3/c1-26(2)15-19(16-27(3,4)29-26)20-22(17-11-7-5-8-12-17)28-23(18-13-9-6-10-14-18)21(24(20)30)25(31)32/h5-14,19-20,29H,15-16H2,1-4H3,(H,31,32). The molecule has 1 unspecified atom stereocenters. The van der Waals surface area contributed by atoms with Gasteiger partial charge < -0.3 is 10.4 Å². The molecule has 2 aromatic carbocycles. The molecule has 4 rings (SSSR count). The van der Waals surface area contributed by atoms with Gasteiger partial charge in [-0.2, -0.15) is 0 Å². The number of piperidine rings is 1. The van der Waals surface area contributed by atoms with Crippen molar-refractivity contribution in [2.75, 3.05) is 0 Å². The maximum atomic E-state index is 13.9. The van der Waals surface area contributed by atoms with Gasteiger partial charge in [-0.3, -0.25) is 9.79 Å². The lowest BCUT2D eigenvalue weighted by atomic mass is 9.66. The van der Waals surface area contributed by atoms with E-state index in [1.165, 1.54) is 0 Å². The van der Waals surface area contributed by atoms with E-state index in [0.29, 0.717) is 11.3 Å². The van der Waals surface area contributed by atoms with Gasteiger partial charge in [0.25, 0.3) is 0 Å². The molecule has 2 N–H and O–H groups in total. The first-order valence-electron chi connectivity index (χ1n) is 11.1. The maximum Gasteiger partial charge on any atom is 0.341 e. The average Bonchev–Trinajstić information content (AvgIpc) is 2.71. The van der Waals surface area contributed by atoms with E-state index in [-0.39, 0.29) is 34.0 Å². The van der Waals surface area contributed by atoms with Gasteiger partial charge in [0.1, 0.15) is 5.57 Å². The minimum Gasteiger partial charge on any atom is -0.477 e. The Morgan fingerprint density at radius 3 is 1.91 bits per heavy atom. The molecule has 2 aromatic rings. The van der Waals surface area contributed by atoms with E-state index in [9.17, 15) is 14.7 Å². The first kappa shape index (κ1) is 22.2. The van der Waals surface area contributed by atoms with Crippen molar-refractivity contribution in [3.63, 3.8) is 0 Å². The highest BCUT2D eigenvalue weighted by Crippen LogP contribution is 2.42. The monoisotopic (exact) mass is 430 g/mol. The fraction of sp³-hybridized carbons (Fsp3) is 0.370. The molecule has 0 radical (unpaired) electrons. The Balaban J connectivity index is 1.91. The molecule has 1 atom stereocenters. The molecule has 1 fully saturated rings. The summed E-state index contributed by atoms with van der Waals surface area (Å²) in [5.41, 5.74) is 1.83. The molecule has 2 heterocycles. The summed E-state index contributed by atoms with van der Waals surface area (Å²) in [7, 11) is 0. The molecule has 0 amide bonds. The Morgan fingerprint density at radius 2 is 1.41 bits per heavy atom. The van der Waals surface area contributed by atoms with Crippen molar-refractivity contribution in [2.45, 2.75) is 51.6 Å². The van der Waals surface area contributed by atoms with Crippen LogP contribution in [0.15, 0.2) is 71.2 Å². The zero-order chi connectivity index (χ0) is 23.1. The van der Waals surface area contributed by atoms with Crippen molar-refractivity contribution in [2.24, 2.45) is 16.8 Å². The second-order valence-electron chi connectivity index (χ2n) is 10.2. The molecule has 5 heteroatoms. The Morgan fingerprint density at radius 1 is 0.906 bits per heavy atom. The Bertz CT molecular complexity index is 1080. The van der Waals surface area contributed by atoms with Crippen LogP contribution in [0.25, 0.3) is 5.70 Å². The van der Waals surface area contributed by atoms with Crippen LogP contribution in [0, 0.1) is 11.8 Å². The highest BCUT2D eigenvalue weighted by molar-refractivity contribution is 6.32. The summed E-state index contributed by atoms with van der Waals surface area (Å²) in [4.78, 5) is 31.1. The number of aliphatic carboxylic acids is 1. The normalized spacial score (nSPS) is 23.1. The van der Waals surface area contributed by atoms with Crippen molar-refractivity contribution in [3.05, 3.63) is 77.4 Å². The SMILES string of the molecule is CC1(C)CC(C2C(=O)C(C(=O)O)=C(c3ccccc3)N=C2c2ccccc2)CC(C)(C)N1. The summed E-state index contributed by atoms with van der Waals surface area (Å²) in [5.74, 6) is -2.19. The fourth-order valence-corrected chi connectivity index (χ4v) is 5.58. The summed E-state index contributed by atoms with van der Waals surface area (Å²) in [6.07, 6.45) is 1.51. The van der Waals surface area contributed by atoms with Gasteiger partial charge in [-0.1, -0.05) is 60.7 Å². The minimum absolute atomic E-state index is 0.0284. The Kier molecular flexibility index (Phi) is 5.63. The number of ketones is 1. The van der Waals surface area contributed by atoms with Crippen molar-refractivity contribution in [1.82, 2.24) is 5.32 Å². The molecule has 0 bridgehead atoms. The van der Waals surface area contributed by atoms with E-state index >= 15 is 0 Å². The number of hydrogen-bond acceptors (Lipinski definition) is 4. The lowest BCUT2D eigenvalue weighted by molar-refractivity contribution is -0.135. The van der Waals surface area contributed by atoms with Gasteiger partial charge in [-0.15, -0.1) is 0 Å². The molecule has 2 aliphatic heterocycles. The first-order valence-corrected chi connectivity index (χ1v) is 11.1. The zero-order valence-electron chi connectivity index (χ0n) is 19.1. The van der Waals surface area contributed by atoms with E-state index in [4.69, 9.17) is 4.99 Å². The molecule has 0 aromatic heterocycles. The second kappa shape index (κ2) is 8.14. The van der Waals surface area contributed by atoms with Crippen LogP contribution in [0.1, 0.15) is 51.7 Å². The molecular formula is C27H30N2O3. The first-order chi connectivity index (χ1) is 15.1. The van der Waals surface area contributed by atoms with Crippen LogP contribution in [-0.4, -0.2) is 33.6 Å². The predicted octanol–water partition coefficient (Wildman–Crippen LogP) is 4.73. The summed E-state index contributed by atoms with van der Waals surface area (Å²) in [6.45, 7) is 8.54. The van der Waals surface area contributed by atoms with Crippen LogP contribution in [0.3, 0.4) is 0 Å². The van der Waals surface area contributed by atoms with Gasteiger partial charge >= 0.3 is 5.97 Å². The topological polar surface area (TPSA) is 78.8 Å². The van der Waals surface area contributed by atoms with Crippen LogP contribution < -0.4 is 5.32 Å². The smallest absolute Gasteiger partial charge is 0.341 e. The van der Waals surface area contributed by atoms with Gasteiger partial charge in [-0.25, -0.2) is 4.79 Å². The lowest BCUT2D eigenvalue weighted by Gasteiger charge is -2.49. The molecule has 5 nitrogen and oxygen atoms in total. The zero-order valence-corrected chi connectivity index (χ0v) is 19.1. The quantitative estimate of drug-likeness (QED) is 0.688. The number of carbonyl (C=O) groups is 2. The molecule has 32 heavy (non-hydrogen) atoms. The average molecular weight is 431 g/mol. The van der Waals surface area contributed by atoms with E-state index in [2.05, 4.69) is 33.0 Å². The third-order valence-corrected chi connectivity index (χ3v) is 6.32. The lowest BCUT2D eigenvalue weighted by Crippen LogP contribution is -2.60. The van der Waals surface area contributed by atoms with Crippen molar-refractivity contribution < 1.29 is 14.7 Å². The number of carbonyl (C=O) groups excluding carboxylic acids is 1. The number of nitrogens with zero attached hydrogens (tertiary/aromatic N) is 1. The molecule has 0 saturated carbocycles. The molecule has 0 spiro atoms. The van der Waals surface area contributed by atoms with Crippen LogP contribution in [0.2, 0.25) is 0 Å². The predicted molar refractivity (Wildman–Crippen MR) is 126 cm³/mol. The van der Waals surface area contributed by atoms with E-state index in [1.807, 2.05) is 48.5 Å². The molecule has 1 saturated heterocycles. The summed E-state index contributed by atoms with van der Waals surface area (Å²) < 4.78 is 0. The minimum atomic E-state index is -1.22. The molecule has 0 aliphatic carbocycles. The highest BCUT2D eigenvalue weighted by Gasteiger charge is 2.47. The van der Waals surface area contributed by atoms with Crippen LogP contribution in [0.5, 0.6) is 0 Å². The van der Waals surface area contributed by atoms with Gasteiger partial charge in [0, 0.05) is 16.6 Å². The molecule has 166 valence electrons. The van der Waals surface area contributed by atoms with Crippen molar-refractivity contribution in [1.29, 1.82) is 0 Å². The van der Waals surface area contributed by atoms with E-state index in [1.54, 1.807) is 12.1 Å². The third-order valence-electron chi connectivity index (χ3n) is 6.32. The fourth-order valence-electron chi connectivity index (χ4n) is 5.58. The number of hydrogen-bond donors (Lipinski definition) is 2. The highest BCUT2D eigenvalue weighted by atomic mass is 16.4. The Labute approximate surface area is 189 Å². The Hall–Kier alpha value is -3.05. The van der Waals surface area contributed by atoms with Crippen LogP contribution >= 0.6 is 0 Å². The summed E-state index contributed by atoms with van der Waals surface area (Å²) in [5, 5.41) is 13.7. The number of carboxylic acids is 1. The van der Waals surface area contributed by atoms with Gasteiger partial charge in [0.15, 0.2) is 5.78 Å². The number of carboxylic acid groups (broad SMARTS) is 1. The van der Waals surface area contributed by atoms with Crippen LogP contribution in [-0.2, 0) is 9.59 Å². The van der Waals surface area contributed by atoms with Crippen molar-refractivity contribution >= 4 is 23.2 Å². The summed E-state index contributed by atoms with van der Waals surface area (Å²) >= 11 is 0. The largest absolute Gasteiger partial charge is 0.477 e. The third kappa shape index (κ3) is 4.30.